The molecule has 0 bridgehead atoms. The first-order valence-electron chi connectivity index (χ1n) is 10.4. The van der Waals surface area contributed by atoms with Crippen LogP contribution in [0.4, 0.5) is 0 Å². The monoisotopic (exact) mass is 437 g/mol. The molecule has 1 saturated heterocycles. The molecule has 6 nitrogen and oxygen atoms in total. The third-order valence-corrected chi connectivity index (χ3v) is 6.43. The van der Waals surface area contributed by atoms with E-state index in [1.54, 1.807) is 25.6 Å². The SMILES string of the molecule is COc1ccc(CC(=O)N2CCN(Cc3csc(-c4ccccc4)n3)CC2)cc1OC. The van der Waals surface area contributed by atoms with Gasteiger partial charge in [-0.2, -0.15) is 0 Å². The summed E-state index contributed by atoms with van der Waals surface area (Å²) in [5.41, 5.74) is 3.18. The van der Waals surface area contributed by atoms with E-state index in [1.165, 1.54) is 0 Å². The van der Waals surface area contributed by atoms with E-state index in [0.717, 1.165) is 54.6 Å². The van der Waals surface area contributed by atoms with Gasteiger partial charge in [-0.1, -0.05) is 36.4 Å². The van der Waals surface area contributed by atoms with Gasteiger partial charge in [-0.25, -0.2) is 4.98 Å². The minimum Gasteiger partial charge on any atom is -0.493 e. The largest absolute Gasteiger partial charge is 0.493 e. The molecule has 0 aliphatic carbocycles. The lowest BCUT2D eigenvalue weighted by molar-refractivity contribution is -0.132. The Kier molecular flexibility index (Phi) is 6.84. The fourth-order valence-electron chi connectivity index (χ4n) is 3.75. The fourth-order valence-corrected chi connectivity index (χ4v) is 4.57. The zero-order valence-electron chi connectivity index (χ0n) is 17.9. The van der Waals surface area contributed by atoms with E-state index in [4.69, 9.17) is 14.5 Å². The molecule has 0 radical (unpaired) electrons. The first-order valence-corrected chi connectivity index (χ1v) is 11.2. The Balaban J connectivity index is 1.29. The van der Waals surface area contributed by atoms with Crippen molar-refractivity contribution in [2.75, 3.05) is 40.4 Å². The average Bonchev–Trinajstić information content (AvgIpc) is 3.28. The van der Waals surface area contributed by atoms with Crippen LogP contribution in [0.2, 0.25) is 0 Å². The van der Waals surface area contributed by atoms with Gasteiger partial charge in [-0.3, -0.25) is 9.69 Å². The smallest absolute Gasteiger partial charge is 0.227 e. The third-order valence-electron chi connectivity index (χ3n) is 5.49. The molecule has 3 aromatic rings. The summed E-state index contributed by atoms with van der Waals surface area (Å²) in [4.78, 5) is 21.9. The number of thiazole rings is 1. The first-order chi connectivity index (χ1) is 15.2. The second-order valence-corrected chi connectivity index (χ2v) is 8.39. The molecule has 0 spiro atoms. The molecule has 0 atom stereocenters. The Morgan fingerprint density at radius 2 is 1.74 bits per heavy atom. The molecule has 1 amide bonds. The van der Waals surface area contributed by atoms with E-state index in [-0.39, 0.29) is 5.91 Å². The molecular formula is C24H27N3O3S. The molecule has 7 heteroatoms. The van der Waals surface area contributed by atoms with Crippen molar-refractivity contribution >= 4 is 17.2 Å². The second-order valence-electron chi connectivity index (χ2n) is 7.53. The van der Waals surface area contributed by atoms with Crippen LogP contribution in [-0.2, 0) is 17.8 Å². The molecule has 4 rings (SSSR count). The molecule has 0 N–H and O–H groups in total. The molecule has 2 aromatic carbocycles. The van der Waals surface area contributed by atoms with Crippen LogP contribution < -0.4 is 9.47 Å². The van der Waals surface area contributed by atoms with Crippen LogP contribution in [0.15, 0.2) is 53.9 Å². The van der Waals surface area contributed by atoms with Crippen molar-refractivity contribution in [1.29, 1.82) is 0 Å². The number of carbonyl (C=O) groups excluding carboxylic acids is 1. The van der Waals surface area contributed by atoms with Crippen LogP contribution in [0.25, 0.3) is 10.6 Å². The minimum atomic E-state index is 0.145. The average molecular weight is 438 g/mol. The molecule has 162 valence electrons. The number of ether oxygens (including phenoxy) is 2. The van der Waals surface area contributed by atoms with Crippen molar-refractivity contribution in [1.82, 2.24) is 14.8 Å². The fraction of sp³-hybridized carbons (Fsp3) is 0.333. The lowest BCUT2D eigenvalue weighted by Crippen LogP contribution is -2.48. The standard InChI is InChI=1S/C24H27N3O3S/c1-29-21-9-8-18(14-22(21)30-2)15-23(28)27-12-10-26(11-13-27)16-20-17-31-24(25-20)19-6-4-3-5-7-19/h3-9,14,17H,10-13,15-16H2,1-2H3. The summed E-state index contributed by atoms with van der Waals surface area (Å²) in [6, 6.07) is 15.9. The molecule has 0 unspecified atom stereocenters. The zero-order chi connectivity index (χ0) is 21.6. The highest BCUT2D eigenvalue weighted by atomic mass is 32.1. The topological polar surface area (TPSA) is 54.9 Å². The number of benzene rings is 2. The number of carbonyl (C=O) groups is 1. The van der Waals surface area contributed by atoms with Crippen molar-refractivity contribution < 1.29 is 14.3 Å². The van der Waals surface area contributed by atoms with Crippen LogP contribution in [0.3, 0.4) is 0 Å². The van der Waals surface area contributed by atoms with Crippen LogP contribution in [0.1, 0.15) is 11.3 Å². The molecule has 1 aromatic heterocycles. The Bertz CT molecular complexity index is 1010. The van der Waals surface area contributed by atoms with Crippen molar-refractivity contribution in [3.63, 3.8) is 0 Å². The third kappa shape index (κ3) is 5.24. The molecule has 1 fully saturated rings. The first kappa shape index (κ1) is 21.3. The van der Waals surface area contributed by atoms with E-state index in [9.17, 15) is 4.79 Å². The second kappa shape index (κ2) is 9.94. The van der Waals surface area contributed by atoms with E-state index >= 15 is 0 Å². The highest BCUT2D eigenvalue weighted by Crippen LogP contribution is 2.28. The number of methoxy groups -OCH3 is 2. The van der Waals surface area contributed by atoms with Gasteiger partial charge >= 0.3 is 0 Å². The highest BCUT2D eigenvalue weighted by molar-refractivity contribution is 7.13. The van der Waals surface area contributed by atoms with Gasteiger partial charge in [-0.05, 0) is 17.7 Å². The van der Waals surface area contributed by atoms with Gasteiger partial charge in [0.15, 0.2) is 11.5 Å². The summed E-state index contributed by atoms with van der Waals surface area (Å²) in [6.45, 7) is 4.01. The Hall–Kier alpha value is -2.90. The number of hydrogen-bond donors (Lipinski definition) is 0. The predicted molar refractivity (Wildman–Crippen MR) is 123 cm³/mol. The normalized spacial score (nSPS) is 14.5. The number of nitrogens with zero attached hydrogens (tertiary/aromatic N) is 3. The van der Waals surface area contributed by atoms with Gasteiger partial charge in [0.1, 0.15) is 5.01 Å². The van der Waals surface area contributed by atoms with Gasteiger partial charge in [-0.15, -0.1) is 11.3 Å². The summed E-state index contributed by atoms with van der Waals surface area (Å²) in [5.74, 6) is 1.47. The maximum atomic E-state index is 12.8. The molecule has 1 aliphatic heterocycles. The summed E-state index contributed by atoms with van der Waals surface area (Å²) < 4.78 is 10.6. The van der Waals surface area contributed by atoms with E-state index in [2.05, 4.69) is 22.4 Å². The van der Waals surface area contributed by atoms with Crippen LogP contribution in [-0.4, -0.2) is 61.1 Å². The number of piperazine rings is 1. The van der Waals surface area contributed by atoms with Crippen LogP contribution in [0, 0.1) is 0 Å². The number of aromatic nitrogens is 1. The van der Waals surface area contributed by atoms with Crippen molar-refractivity contribution in [3.8, 4) is 22.1 Å². The van der Waals surface area contributed by atoms with Crippen molar-refractivity contribution in [2.24, 2.45) is 0 Å². The molecule has 2 heterocycles. The summed E-state index contributed by atoms with van der Waals surface area (Å²) >= 11 is 1.68. The molecule has 0 saturated carbocycles. The summed E-state index contributed by atoms with van der Waals surface area (Å²) in [6.07, 6.45) is 0.368. The van der Waals surface area contributed by atoms with E-state index in [1.807, 2.05) is 41.3 Å². The Morgan fingerprint density at radius 3 is 2.45 bits per heavy atom. The quantitative estimate of drug-likeness (QED) is 0.564. The molecular weight excluding hydrogens is 410 g/mol. The predicted octanol–water partition coefficient (Wildman–Crippen LogP) is 3.71. The minimum absolute atomic E-state index is 0.145. The van der Waals surface area contributed by atoms with Crippen molar-refractivity contribution in [3.05, 3.63) is 65.2 Å². The van der Waals surface area contributed by atoms with E-state index in [0.29, 0.717) is 17.9 Å². The van der Waals surface area contributed by atoms with Gasteiger partial charge in [0.25, 0.3) is 0 Å². The molecule has 31 heavy (non-hydrogen) atoms. The van der Waals surface area contributed by atoms with E-state index < -0.39 is 0 Å². The van der Waals surface area contributed by atoms with Gasteiger partial charge in [0, 0.05) is 43.7 Å². The highest BCUT2D eigenvalue weighted by Gasteiger charge is 2.22. The maximum Gasteiger partial charge on any atom is 0.227 e. The number of rotatable bonds is 7. The van der Waals surface area contributed by atoms with Gasteiger partial charge in [0.05, 0.1) is 26.3 Å². The maximum absolute atomic E-state index is 12.8. The van der Waals surface area contributed by atoms with Gasteiger partial charge < -0.3 is 14.4 Å². The van der Waals surface area contributed by atoms with Crippen LogP contribution >= 0.6 is 11.3 Å². The molecule has 1 aliphatic rings. The number of amides is 1. The lowest BCUT2D eigenvalue weighted by Gasteiger charge is -2.34. The zero-order valence-corrected chi connectivity index (χ0v) is 18.7. The van der Waals surface area contributed by atoms with Gasteiger partial charge in [0.2, 0.25) is 5.91 Å². The lowest BCUT2D eigenvalue weighted by atomic mass is 10.1. The number of hydrogen-bond acceptors (Lipinski definition) is 6. The van der Waals surface area contributed by atoms with Crippen LogP contribution in [0.5, 0.6) is 11.5 Å². The Morgan fingerprint density at radius 1 is 1.00 bits per heavy atom. The Labute approximate surface area is 187 Å². The summed E-state index contributed by atoms with van der Waals surface area (Å²) in [7, 11) is 3.21. The summed E-state index contributed by atoms with van der Waals surface area (Å²) in [5, 5.41) is 3.19. The van der Waals surface area contributed by atoms with Crippen molar-refractivity contribution in [2.45, 2.75) is 13.0 Å².